The molecule has 0 aliphatic carbocycles. The Bertz CT molecular complexity index is 393. The Morgan fingerprint density at radius 2 is 1.50 bits per heavy atom. The monoisotopic (exact) mass is 248 g/mol. The molecule has 0 fully saturated rings. The van der Waals surface area contributed by atoms with Gasteiger partial charge in [-0.1, -0.05) is 18.1 Å². The smallest absolute Gasteiger partial charge is 0.205 e. The summed E-state index contributed by atoms with van der Waals surface area (Å²) in [6, 6.07) is 8.22. The molecule has 1 aromatic rings. The molecular weight excluding hydrogens is 228 g/mol. The van der Waals surface area contributed by atoms with Crippen LogP contribution in [0.1, 0.15) is 5.56 Å². The first-order valence-corrected chi connectivity index (χ1v) is 11.8. The van der Waals surface area contributed by atoms with Crippen molar-refractivity contribution in [2.75, 3.05) is 0 Å². The lowest BCUT2D eigenvalue weighted by Crippen LogP contribution is -2.51. The standard InChI is InChI=1S/C13H20OSi2/c1-7-12-8-10-13(11-9-12)16(5,6)14-15(2,3)4/h1,8-11H,2-6H3. The summed E-state index contributed by atoms with van der Waals surface area (Å²) in [5, 5.41) is 1.31. The molecule has 1 aromatic carbocycles. The van der Waals surface area contributed by atoms with Crippen LogP contribution in [0.4, 0.5) is 0 Å². The van der Waals surface area contributed by atoms with E-state index in [1.54, 1.807) is 0 Å². The third-order valence-electron chi connectivity index (χ3n) is 2.31. The van der Waals surface area contributed by atoms with Gasteiger partial charge in [0.05, 0.1) is 0 Å². The average molecular weight is 248 g/mol. The SMILES string of the molecule is C#Cc1ccc([Si](C)(C)O[Si](C)(C)C)cc1. The van der Waals surface area contributed by atoms with Crippen LogP contribution in [0, 0.1) is 12.3 Å². The van der Waals surface area contributed by atoms with Crippen molar-refractivity contribution in [2.45, 2.75) is 32.7 Å². The second-order valence-electron chi connectivity index (χ2n) is 5.45. The van der Waals surface area contributed by atoms with Crippen molar-refractivity contribution in [1.82, 2.24) is 0 Å². The molecule has 0 aliphatic rings. The summed E-state index contributed by atoms with van der Waals surface area (Å²) >= 11 is 0. The number of hydrogen-bond acceptors (Lipinski definition) is 1. The molecule has 0 aromatic heterocycles. The Hall–Kier alpha value is -0.826. The van der Waals surface area contributed by atoms with E-state index in [9.17, 15) is 0 Å². The Kier molecular flexibility index (Phi) is 3.79. The third-order valence-corrected chi connectivity index (χ3v) is 8.52. The fraction of sp³-hybridized carbons (Fsp3) is 0.385. The van der Waals surface area contributed by atoms with Crippen LogP contribution in [0.25, 0.3) is 0 Å². The van der Waals surface area contributed by atoms with E-state index in [2.05, 4.69) is 50.8 Å². The molecule has 0 N–H and O–H groups in total. The van der Waals surface area contributed by atoms with Crippen LogP contribution in [0.15, 0.2) is 24.3 Å². The first kappa shape index (κ1) is 13.2. The fourth-order valence-electron chi connectivity index (χ4n) is 1.79. The van der Waals surface area contributed by atoms with Gasteiger partial charge in [0.15, 0.2) is 8.32 Å². The molecule has 0 spiro atoms. The lowest BCUT2D eigenvalue weighted by atomic mass is 10.2. The van der Waals surface area contributed by atoms with Gasteiger partial charge < -0.3 is 4.12 Å². The molecule has 3 heteroatoms. The largest absolute Gasteiger partial charge is 0.452 e. The van der Waals surface area contributed by atoms with E-state index in [-0.39, 0.29) is 0 Å². The first-order valence-electron chi connectivity index (χ1n) is 5.52. The highest BCUT2D eigenvalue weighted by Gasteiger charge is 2.31. The molecule has 0 saturated carbocycles. The van der Waals surface area contributed by atoms with E-state index >= 15 is 0 Å². The normalized spacial score (nSPS) is 12.2. The molecule has 0 heterocycles. The number of benzene rings is 1. The van der Waals surface area contributed by atoms with Crippen LogP contribution in [0.5, 0.6) is 0 Å². The van der Waals surface area contributed by atoms with Crippen molar-refractivity contribution in [1.29, 1.82) is 0 Å². The highest BCUT2D eigenvalue weighted by molar-refractivity contribution is 6.92. The number of rotatable bonds is 3. The minimum absolute atomic E-state index is 0.932. The van der Waals surface area contributed by atoms with Crippen LogP contribution in [-0.2, 0) is 4.12 Å². The van der Waals surface area contributed by atoms with Gasteiger partial charge in [0.25, 0.3) is 0 Å². The van der Waals surface area contributed by atoms with E-state index in [1.165, 1.54) is 5.19 Å². The van der Waals surface area contributed by atoms with Gasteiger partial charge in [-0.3, -0.25) is 0 Å². The second kappa shape index (κ2) is 4.58. The molecule has 16 heavy (non-hydrogen) atoms. The van der Waals surface area contributed by atoms with Gasteiger partial charge in [-0.15, -0.1) is 6.42 Å². The summed E-state index contributed by atoms with van der Waals surface area (Å²) in [4.78, 5) is 0. The van der Waals surface area contributed by atoms with Gasteiger partial charge in [-0.05, 0) is 50.1 Å². The summed E-state index contributed by atoms with van der Waals surface area (Å²) in [5.74, 6) is 2.64. The van der Waals surface area contributed by atoms with Gasteiger partial charge in [0, 0.05) is 5.56 Å². The summed E-state index contributed by atoms with van der Waals surface area (Å²) in [5.41, 5.74) is 0.932. The maximum atomic E-state index is 6.31. The second-order valence-corrected chi connectivity index (χ2v) is 14.1. The Labute approximate surface area is 101 Å². The van der Waals surface area contributed by atoms with Gasteiger partial charge in [-0.2, -0.15) is 0 Å². The Balaban J connectivity index is 2.94. The molecule has 0 saturated heterocycles. The minimum atomic E-state index is -1.76. The van der Waals surface area contributed by atoms with Gasteiger partial charge in [0.1, 0.15) is 0 Å². The Morgan fingerprint density at radius 1 is 1.00 bits per heavy atom. The molecule has 86 valence electrons. The van der Waals surface area contributed by atoms with Gasteiger partial charge >= 0.3 is 0 Å². The van der Waals surface area contributed by atoms with E-state index in [1.807, 2.05) is 12.1 Å². The first-order chi connectivity index (χ1) is 7.24. The van der Waals surface area contributed by atoms with Crippen LogP contribution in [0.2, 0.25) is 32.7 Å². The zero-order valence-corrected chi connectivity index (χ0v) is 12.8. The quantitative estimate of drug-likeness (QED) is 0.590. The highest BCUT2D eigenvalue weighted by Crippen LogP contribution is 2.14. The fourth-order valence-corrected chi connectivity index (χ4v) is 9.36. The zero-order chi connectivity index (χ0) is 12.4. The van der Waals surface area contributed by atoms with Crippen LogP contribution in [-0.4, -0.2) is 16.6 Å². The molecule has 0 radical (unpaired) electrons. The maximum absolute atomic E-state index is 6.31. The maximum Gasteiger partial charge on any atom is 0.205 e. The molecule has 1 nitrogen and oxygen atoms in total. The lowest BCUT2D eigenvalue weighted by Gasteiger charge is -2.31. The van der Waals surface area contributed by atoms with Crippen LogP contribution >= 0.6 is 0 Å². The van der Waals surface area contributed by atoms with E-state index in [0.29, 0.717) is 0 Å². The summed E-state index contributed by atoms with van der Waals surface area (Å²) in [6.45, 7) is 11.2. The van der Waals surface area contributed by atoms with Crippen molar-refractivity contribution in [3.05, 3.63) is 29.8 Å². The van der Waals surface area contributed by atoms with E-state index < -0.39 is 16.6 Å². The lowest BCUT2D eigenvalue weighted by molar-refractivity contribution is 0.566. The molecular formula is C13H20OSi2. The Morgan fingerprint density at radius 3 is 1.88 bits per heavy atom. The van der Waals surface area contributed by atoms with Gasteiger partial charge in [0.2, 0.25) is 8.32 Å². The van der Waals surface area contributed by atoms with Crippen molar-refractivity contribution >= 4 is 21.8 Å². The molecule has 0 unspecified atom stereocenters. The summed E-state index contributed by atoms with van der Waals surface area (Å²) in [6.07, 6.45) is 5.35. The zero-order valence-electron chi connectivity index (χ0n) is 10.8. The van der Waals surface area contributed by atoms with Crippen LogP contribution < -0.4 is 5.19 Å². The van der Waals surface area contributed by atoms with Gasteiger partial charge in [-0.25, -0.2) is 0 Å². The van der Waals surface area contributed by atoms with E-state index in [4.69, 9.17) is 10.5 Å². The minimum Gasteiger partial charge on any atom is -0.452 e. The third kappa shape index (κ3) is 3.64. The summed E-state index contributed by atoms with van der Waals surface area (Å²) < 4.78 is 6.31. The predicted octanol–water partition coefficient (Wildman–Crippen LogP) is 2.93. The molecule has 1 rings (SSSR count). The van der Waals surface area contributed by atoms with Crippen molar-refractivity contribution in [2.24, 2.45) is 0 Å². The van der Waals surface area contributed by atoms with E-state index in [0.717, 1.165) is 5.56 Å². The summed E-state index contributed by atoms with van der Waals surface area (Å²) in [7, 11) is -3.23. The molecule has 0 atom stereocenters. The highest BCUT2D eigenvalue weighted by atomic mass is 28.4. The number of hydrogen-bond donors (Lipinski definition) is 0. The van der Waals surface area contributed by atoms with Crippen molar-refractivity contribution in [3.63, 3.8) is 0 Å². The number of terminal acetylenes is 1. The predicted molar refractivity (Wildman–Crippen MR) is 75.9 cm³/mol. The van der Waals surface area contributed by atoms with Crippen molar-refractivity contribution in [3.8, 4) is 12.3 Å². The molecule has 0 bridgehead atoms. The topological polar surface area (TPSA) is 9.23 Å². The van der Waals surface area contributed by atoms with Crippen LogP contribution in [0.3, 0.4) is 0 Å². The molecule has 0 aliphatic heterocycles. The molecule has 0 amide bonds. The average Bonchev–Trinajstić information content (AvgIpc) is 2.14. The van der Waals surface area contributed by atoms with Crippen molar-refractivity contribution < 1.29 is 4.12 Å².